The van der Waals surface area contributed by atoms with Crippen molar-refractivity contribution in [3.63, 3.8) is 0 Å². The van der Waals surface area contributed by atoms with Gasteiger partial charge < -0.3 is 14.6 Å². The fraction of sp³-hybridized carbons (Fsp3) is 0.444. The number of aliphatic hydroxyl groups excluding tert-OH is 1. The van der Waals surface area contributed by atoms with Crippen LogP contribution in [0.2, 0.25) is 0 Å². The number of benzene rings is 3. The van der Waals surface area contributed by atoms with Crippen LogP contribution in [-0.2, 0) is 24.3 Å². The Balaban J connectivity index is 1.67. The molecular formula is C27H32N2O4. The molecule has 0 aliphatic carbocycles. The first kappa shape index (κ1) is 22.0. The van der Waals surface area contributed by atoms with Gasteiger partial charge in [-0.15, -0.1) is 0 Å². The van der Waals surface area contributed by atoms with Gasteiger partial charge in [-0.3, -0.25) is 10.2 Å². The summed E-state index contributed by atoms with van der Waals surface area (Å²) in [6, 6.07) is 10.8. The minimum atomic E-state index is -0.440. The molecule has 0 spiro atoms. The van der Waals surface area contributed by atoms with Gasteiger partial charge in [-0.05, 0) is 88.7 Å². The molecule has 0 radical (unpaired) electrons. The number of carbonyl (C=O) groups excluding carboxylic acids is 1. The lowest BCUT2D eigenvalue weighted by Crippen LogP contribution is -2.35. The molecule has 3 aromatic rings. The molecule has 5 rings (SSSR count). The summed E-state index contributed by atoms with van der Waals surface area (Å²) in [6.07, 6.45) is 3.09. The van der Waals surface area contributed by atoms with Crippen LogP contribution in [0.3, 0.4) is 0 Å². The highest BCUT2D eigenvalue weighted by molar-refractivity contribution is 6.13. The minimum absolute atomic E-state index is 0.0919. The summed E-state index contributed by atoms with van der Waals surface area (Å²) in [5.41, 5.74) is 4.22. The molecule has 0 bridgehead atoms. The first-order valence-electron chi connectivity index (χ1n) is 11.8. The van der Waals surface area contributed by atoms with Gasteiger partial charge in [0.25, 0.3) is 0 Å². The van der Waals surface area contributed by atoms with Gasteiger partial charge in [-0.1, -0.05) is 19.9 Å². The first-order valence-corrected chi connectivity index (χ1v) is 11.8. The van der Waals surface area contributed by atoms with E-state index in [2.05, 4.69) is 22.3 Å². The fourth-order valence-corrected chi connectivity index (χ4v) is 5.43. The van der Waals surface area contributed by atoms with Gasteiger partial charge >= 0.3 is 6.09 Å². The summed E-state index contributed by atoms with van der Waals surface area (Å²) in [5, 5.41) is 17.4. The lowest BCUT2D eigenvalue weighted by Gasteiger charge is -2.33. The van der Waals surface area contributed by atoms with Gasteiger partial charge in [0.1, 0.15) is 5.75 Å². The molecular weight excluding hydrogens is 416 g/mol. The smallest absolute Gasteiger partial charge is 0.411 e. The fourth-order valence-electron chi connectivity index (χ4n) is 5.43. The van der Waals surface area contributed by atoms with Crippen molar-refractivity contribution in [2.45, 2.75) is 52.3 Å². The summed E-state index contributed by atoms with van der Waals surface area (Å²) in [7, 11) is 1.65. The Morgan fingerprint density at radius 2 is 1.97 bits per heavy atom. The minimum Gasteiger partial charge on any atom is -0.496 e. The van der Waals surface area contributed by atoms with Crippen LogP contribution in [0, 0.1) is 5.92 Å². The Bertz CT molecular complexity index is 1220. The Kier molecular flexibility index (Phi) is 5.89. The standard InChI is InChI=1S/C27H32N2O4/c1-16(2)15-33-27(31)28-18-6-7-20-22(10-18)21-9-17(14-30)26(32-3)12-24(21)25-13-29-8-4-5-19(29)11-23(20)25/h6-7,9-10,12,16,19,30H,4-5,8,11,13-15H2,1-3H3,(H,28,31)/t19-/m0/s1. The number of rotatable bonds is 5. The molecule has 2 heterocycles. The molecule has 174 valence electrons. The second-order valence-electron chi connectivity index (χ2n) is 9.67. The van der Waals surface area contributed by atoms with E-state index in [0.29, 0.717) is 24.1 Å². The van der Waals surface area contributed by atoms with E-state index in [1.54, 1.807) is 7.11 Å². The summed E-state index contributed by atoms with van der Waals surface area (Å²) >= 11 is 0. The number of amides is 1. The molecule has 2 aliphatic rings. The second-order valence-corrected chi connectivity index (χ2v) is 9.67. The number of ether oxygens (including phenoxy) is 2. The highest BCUT2D eigenvalue weighted by Gasteiger charge is 2.32. The Morgan fingerprint density at radius 3 is 2.73 bits per heavy atom. The normalized spacial score (nSPS) is 17.9. The Hall–Kier alpha value is -2.83. The van der Waals surface area contributed by atoms with Gasteiger partial charge in [0.05, 0.1) is 20.3 Å². The lowest BCUT2D eigenvalue weighted by atomic mass is 9.84. The molecule has 0 aromatic heterocycles. The van der Waals surface area contributed by atoms with Crippen molar-refractivity contribution in [1.82, 2.24) is 4.90 Å². The van der Waals surface area contributed by atoms with Crippen LogP contribution >= 0.6 is 0 Å². The third-order valence-electron chi connectivity index (χ3n) is 7.01. The average molecular weight is 449 g/mol. The number of anilines is 1. The zero-order valence-corrected chi connectivity index (χ0v) is 19.6. The number of carbonyl (C=O) groups is 1. The van der Waals surface area contributed by atoms with Gasteiger partial charge in [0.2, 0.25) is 0 Å². The van der Waals surface area contributed by atoms with Gasteiger partial charge in [0, 0.05) is 23.8 Å². The molecule has 2 aliphatic heterocycles. The third-order valence-corrected chi connectivity index (χ3v) is 7.01. The van der Waals surface area contributed by atoms with Crippen molar-refractivity contribution < 1.29 is 19.4 Å². The number of hydrogen-bond acceptors (Lipinski definition) is 5. The van der Waals surface area contributed by atoms with Crippen molar-refractivity contribution in [3.05, 3.63) is 47.0 Å². The topological polar surface area (TPSA) is 71.0 Å². The molecule has 1 saturated heterocycles. The average Bonchev–Trinajstić information content (AvgIpc) is 3.28. The molecule has 3 aromatic carbocycles. The molecule has 1 amide bonds. The maximum absolute atomic E-state index is 12.3. The zero-order valence-electron chi connectivity index (χ0n) is 19.6. The number of hydrogen-bond donors (Lipinski definition) is 2. The molecule has 1 fully saturated rings. The van der Waals surface area contributed by atoms with Crippen molar-refractivity contribution in [1.29, 1.82) is 0 Å². The molecule has 6 nitrogen and oxygen atoms in total. The quantitative estimate of drug-likeness (QED) is 0.524. The van der Waals surface area contributed by atoms with E-state index in [-0.39, 0.29) is 12.5 Å². The highest BCUT2D eigenvalue weighted by Crippen LogP contribution is 2.42. The van der Waals surface area contributed by atoms with Crippen molar-refractivity contribution in [3.8, 4) is 5.75 Å². The van der Waals surface area contributed by atoms with Crippen molar-refractivity contribution in [2.75, 3.05) is 25.6 Å². The number of methoxy groups -OCH3 is 1. The molecule has 1 atom stereocenters. The number of fused-ring (bicyclic) bond motifs is 7. The summed E-state index contributed by atoms with van der Waals surface area (Å²) in [4.78, 5) is 14.9. The maximum Gasteiger partial charge on any atom is 0.411 e. The van der Waals surface area contributed by atoms with E-state index in [4.69, 9.17) is 9.47 Å². The van der Waals surface area contributed by atoms with Crippen LogP contribution in [-0.4, -0.2) is 42.4 Å². The number of nitrogens with one attached hydrogen (secondary N) is 1. The van der Waals surface area contributed by atoms with Crippen molar-refractivity contribution in [2.24, 2.45) is 5.92 Å². The molecule has 0 saturated carbocycles. The largest absolute Gasteiger partial charge is 0.496 e. The molecule has 33 heavy (non-hydrogen) atoms. The Labute approximate surface area is 194 Å². The highest BCUT2D eigenvalue weighted by atomic mass is 16.5. The predicted octanol–water partition coefficient (Wildman–Crippen LogP) is 5.22. The van der Waals surface area contributed by atoms with Crippen LogP contribution in [0.1, 0.15) is 43.4 Å². The van der Waals surface area contributed by atoms with E-state index in [9.17, 15) is 9.90 Å². The van der Waals surface area contributed by atoms with E-state index in [1.165, 1.54) is 29.4 Å². The van der Waals surface area contributed by atoms with Crippen molar-refractivity contribution >= 4 is 33.3 Å². The van der Waals surface area contributed by atoms with Crippen LogP contribution in [0.5, 0.6) is 5.75 Å². The molecule has 6 heteroatoms. The van der Waals surface area contributed by atoms with Gasteiger partial charge in [-0.2, -0.15) is 0 Å². The summed E-state index contributed by atoms with van der Waals surface area (Å²) in [6.45, 7) is 6.40. The van der Waals surface area contributed by atoms with Crippen LogP contribution < -0.4 is 10.1 Å². The number of nitrogens with zero attached hydrogens (tertiary/aromatic N) is 1. The Morgan fingerprint density at radius 1 is 1.15 bits per heavy atom. The van der Waals surface area contributed by atoms with Crippen LogP contribution in [0.4, 0.5) is 10.5 Å². The number of aliphatic hydroxyl groups is 1. The van der Waals surface area contributed by atoms with Crippen LogP contribution in [0.25, 0.3) is 21.5 Å². The van der Waals surface area contributed by atoms with E-state index in [0.717, 1.165) is 41.2 Å². The van der Waals surface area contributed by atoms with Gasteiger partial charge in [-0.25, -0.2) is 4.79 Å². The van der Waals surface area contributed by atoms with E-state index < -0.39 is 6.09 Å². The van der Waals surface area contributed by atoms with E-state index >= 15 is 0 Å². The van der Waals surface area contributed by atoms with Crippen LogP contribution in [0.15, 0.2) is 30.3 Å². The maximum atomic E-state index is 12.3. The summed E-state index contributed by atoms with van der Waals surface area (Å²) in [5.74, 6) is 0.992. The SMILES string of the molecule is COc1cc2c3c(c4ccc(NC(=O)OCC(C)C)cc4c2cc1CO)C[C@@H]1CCCN1C3. The monoisotopic (exact) mass is 448 g/mol. The lowest BCUT2D eigenvalue weighted by molar-refractivity contribution is 0.147. The molecule has 2 N–H and O–H groups in total. The summed E-state index contributed by atoms with van der Waals surface area (Å²) < 4.78 is 10.9. The second kappa shape index (κ2) is 8.84. The zero-order chi connectivity index (χ0) is 23.1. The van der Waals surface area contributed by atoms with E-state index in [1.807, 2.05) is 32.0 Å². The molecule has 0 unspecified atom stereocenters. The van der Waals surface area contributed by atoms with Gasteiger partial charge in [0.15, 0.2) is 0 Å². The first-order chi connectivity index (χ1) is 16.0. The third kappa shape index (κ3) is 4.02. The predicted molar refractivity (Wildman–Crippen MR) is 131 cm³/mol.